The fourth-order valence-electron chi connectivity index (χ4n) is 3.79. The summed E-state index contributed by atoms with van der Waals surface area (Å²) < 4.78 is 12.8. The molecule has 1 aliphatic carbocycles. The molecule has 7 nitrogen and oxygen atoms in total. The van der Waals surface area contributed by atoms with Gasteiger partial charge in [-0.25, -0.2) is 9.50 Å². The molecule has 7 heteroatoms. The molecular weight excluding hydrogens is 308 g/mol. The van der Waals surface area contributed by atoms with Crippen LogP contribution in [0, 0.1) is 0 Å². The van der Waals surface area contributed by atoms with Crippen molar-refractivity contribution in [2.45, 2.75) is 37.7 Å². The predicted octanol–water partition coefficient (Wildman–Crippen LogP) is 1.91. The van der Waals surface area contributed by atoms with E-state index in [1.165, 1.54) is 19.3 Å². The van der Waals surface area contributed by atoms with E-state index in [4.69, 9.17) is 9.47 Å². The normalized spacial score (nSPS) is 20.5. The second-order valence-corrected chi connectivity index (χ2v) is 6.61. The Hall–Kier alpha value is -2.15. The monoisotopic (exact) mass is 330 g/mol. The lowest BCUT2D eigenvalue weighted by Gasteiger charge is -2.44. The van der Waals surface area contributed by atoms with E-state index in [0.29, 0.717) is 36.9 Å². The third kappa shape index (κ3) is 2.62. The summed E-state index contributed by atoms with van der Waals surface area (Å²) in [6.45, 7) is 1.86. The van der Waals surface area contributed by atoms with Crippen molar-refractivity contribution in [3.8, 4) is 5.88 Å². The molecule has 24 heavy (non-hydrogen) atoms. The number of carbonyl (C=O) groups is 1. The van der Waals surface area contributed by atoms with Crippen molar-refractivity contribution in [2.75, 3.05) is 26.8 Å². The first-order chi connectivity index (χ1) is 11.7. The maximum Gasteiger partial charge on any atom is 0.274 e. The van der Waals surface area contributed by atoms with Crippen LogP contribution in [0.25, 0.3) is 5.65 Å². The first kappa shape index (κ1) is 15.4. The molecule has 2 aromatic rings. The third-order valence-corrected chi connectivity index (χ3v) is 5.07. The second-order valence-electron chi connectivity index (χ2n) is 6.61. The Balaban J connectivity index is 1.61. The van der Waals surface area contributed by atoms with E-state index in [9.17, 15) is 4.79 Å². The van der Waals surface area contributed by atoms with Gasteiger partial charge in [-0.15, -0.1) is 5.10 Å². The molecule has 4 rings (SSSR count). The van der Waals surface area contributed by atoms with Crippen LogP contribution in [0.15, 0.2) is 18.3 Å². The molecule has 0 radical (unpaired) electrons. The van der Waals surface area contributed by atoms with Crippen LogP contribution < -0.4 is 4.74 Å². The van der Waals surface area contributed by atoms with Crippen LogP contribution in [0.5, 0.6) is 5.88 Å². The number of hydrogen-bond donors (Lipinski definition) is 0. The molecule has 3 heterocycles. The van der Waals surface area contributed by atoms with Crippen LogP contribution in [0.2, 0.25) is 0 Å². The number of carbonyl (C=O) groups excluding carboxylic acids is 1. The molecule has 1 saturated heterocycles. The Labute approximate surface area is 140 Å². The first-order valence-corrected chi connectivity index (χ1v) is 8.53. The van der Waals surface area contributed by atoms with Crippen LogP contribution in [-0.2, 0) is 4.74 Å². The Morgan fingerprint density at radius 1 is 1.29 bits per heavy atom. The summed E-state index contributed by atoms with van der Waals surface area (Å²) in [6.07, 6.45) is 7.28. The maximum atomic E-state index is 13.0. The number of hydrogen-bond acceptors (Lipinski definition) is 5. The van der Waals surface area contributed by atoms with E-state index >= 15 is 0 Å². The highest BCUT2D eigenvalue weighted by molar-refractivity contribution is 5.93. The number of imidazole rings is 1. The van der Waals surface area contributed by atoms with Gasteiger partial charge in [0, 0.05) is 12.6 Å². The Morgan fingerprint density at radius 2 is 2.12 bits per heavy atom. The number of aromatic nitrogens is 3. The van der Waals surface area contributed by atoms with Crippen molar-refractivity contribution in [2.24, 2.45) is 0 Å². The fourth-order valence-corrected chi connectivity index (χ4v) is 3.79. The third-order valence-electron chi connectivity index (χ3n) is 5.07. The highest BCUT2D eigenvalue weighted by Gasteiger charge is 2.39. The zero-order chi connectivity index (χ0) is 16.6. The van der Waals surface area contributed by atoms with Gasteiger partial charge in [0.15, 0.2) is 11.3 Å². The van der Waals surface area contributed by atoms with Crippen LogP contribution in [0.1, 0.15) is 42.6 Å². The Morgan fingerprint density at radius 3 is 2.92 bits per heavy atom. The van der Waals surface area contributed by atoms with Crippen LogP contribution in [0.3, 0.4) is 0 Å². The molecular formula is C17H22N4O3. The zero-order valence-corrected chi connectivity index (χ0v) is 13.9. The van der Waals surface area contributed by atoms with E-state index < -0.39 is 0 Å². The topological polar surface area (TPSA) is 69.0 Å². The molecule has 1 spiro atoms. The van der Waals surface area contributed by atoms with E-state index in [1.54, 1.807) is 30.0 Å². The minimum Gasteiger partial charge on any atom is -0.480 e. The quantitative estimate of drug-likeness (QED) is 0.841. The van der Waals surface area contributed by atoms with Gasteiger partial charge >= 0.3 is 0 Å². The summed E-state index contributed by atoms with van der Waals surface area (Å²) in [4.78, 5) is 19.2. The Kier molecular flexibility index (Phi) is 3.88. The highest BCUT2D eigenvalue weighted by Crippen LogP contribution is 2.34. The van der Waals surface area contributed by atoms with Crippen molar-refractivity contribution >= 4 is 11.6 Å². The van der Waals surface area contributed by atoms with Gasteiger partial charge in [-0.05, 0) is 18.9 Å². The molecule has 2 fully saturated rings. The van der Waals surface area contributed by atoms with Crippen LogP contribution in [0.4, 0.5) is 0 Å². The maximum absolute atomic E-state index is 13.0. The summed E-state index contributed by atoms with van der Waals surface area (Å²) in [5.41, 5.74) is 0.953. The van der Waals surface area contributed by atoms with Crippen molar-refractivity contribution in [1.82, 2.24) is 19.5 Å². The number of fused-ring (bicyclic) bond motifs is 1. The first-order valence-electron chi connectivity index (χ1n) is 8.53. The average molecular weight is 330 g/mol. The van der Waals surface area contributed by atoms with E-state index in [1.807, 2.05) is 4.90 Å². The molecule has 1 amide bonds. The van der Waals surface area contributed by atoms with Gasteiger partial charge in [-0.2, -0.15) is 0 Å². The summed E-state index contributed by atoms with van der Waals surface area (Å²) in [5.74, 6) is 0.414. The molecule has 128 valence electrons. The average Bonchev–Trinajstić information content (AvgIpc) is 3.04. The van der Waals surface area contributed by atoms with Gasteiger partial charge in [0.1, 0.15) is 0 Å². The van der Waals surface area contributed by atoms with Crippen LogP contribution >= 0.6 is 0 Å². The van der Waals surface area contributed by atoms with Crippen molar-refractivity contribution < 1.29 is 14.3 Å². The lowest BCUT2D eigenvalue weighted by molar-refractivity contribution is -0.118. The van der Waals surface area contributed by atoms with Gasteiger partial charge < -0.3 is 14.4 Å². The molecule has 1 aliphatic heterocycles. The standard InChI is InChI=1S/C17H22N4O3/c1-23-15-6-5-14-18-11-13(21(14)19-15)16(22)20-9-10-24-17(12-20)7-3-2-4-8-17/h5-6,11H,2-4,7-10,12H2,1H3. The number of amides is 1. The summed E-state index contributed by atoms with van der Waals surface area (Å²) in [6, 6.07) is 3.53. The van der Waals surface area contributed by atoms with Gasteiger partial charge in [-0.1, -0.05) is 19.3 Å². The number of ether oxygens (including phenoxy) is 2. The molecule has 0 unspecified atom stereocenters. The van der Waals surface area contributed by atoms with Crippen molar-refractivity contribution in [3.05, 3.63) is 24.0 Å². The predicted molar refractivity (Wildman–Crippen MR) is 87.2 cm³/mol. The second kappa shape index (κ2) is 6.05. The molecule has 2 aliphatic rings. The largest absolute Gasteiger partial charge is 0.480 e. The minimum absolute atomic E-state index is 0.0449. The number of nitrogens with zero attached hydrogens (tertiary/aromatic N) is 4. The number of methoxy groups -OCH3 is 1. The molecule has 0 bridgehead atoms. The van der Waals surface area contributed by atoms with Gasteiger partial charge in [0.25, 0.3) is 5.91 Å². The molecule has 0 N–H and O–H groups in total. The van der Waals surface area contributed by atoms with Gasteiger partial charge in [0.05, 0.1) is 32.1 Å². The van der Waals surface area contributed by atoms with Crippen molar-refractivity contribution in [3.63, 3.8) is 0 Å². The Bertz CT molecular complexity index is 746. The lowest BCUT2D eigenvalue weighted by atomic mass is 9.83. The highest BCUT2D eigenvalue weighted by atomic mass is 16.5. The summed E-state index contributed by atoms with van der Waals surface area (Å²) in [7, 11) is 1.56. The van der Waals surface area contributed by atoms with Gasteiger partial charge in [0.2, 0.25) is 5.88 Å². The van der Waals surface area contributed by atoms with E-state index in [-0.39, 0.29) is 11.5 Å². The molecule has 2 aromatic heterocycles. The fraction of sp³-hybridized carbons (Fsp3) is 0.588. The number of morpholine rings is 1. The minimum atomic E-state index is -0.155. The van der Waals surface area contributed by atoms with E-state index in [2.05, 4.69) is 10.1 Å². The molecule has 0 atom stereocenters. The van der Waals surface area contributed by atoms with Crippen LogP contribution in [-0.4, -0.2) is 57.8 Å². The van der Waals surface area contributed by atoms with Gasteiger partial charge in [-0.3, -0.25) is 4.79 Å². The molecule has 1 saturated carbocycles. The summed E-state index contributed by atoms with van der Waals surface area (Å²) in [5, 5.41) is 4.33. The number of rotatable bonds is 2. The smallest absolute Gasteiger partial charge is 0.274 e. The van der Waals surface area contributed by atoms with Crippen molar-refractivity contribution in [1.29, 1.82) is 0 Å². The SMILES string of the molecule is COc1ccc2ncc(C(=O)N3CCOC4(CCCCC4)C3)n2n1. The summed E-state index contributed by atoms with van der Waals surface area (Å²) >= 11 is 0. The zero-order valence-electron chi connectivity index (χ0n) is 13.9. The molecule has 0 aromatic carbocycles. The lowest BCUT2D eigenvalue weighted by Crippen LogP contribution is -2.54. The van der Waals surface area contributed by atoms with E-state index in [0.717, 1.165) is 12.8 Å².